The van der Waals surface area contributed by atoms with Gasteiger partial charge in [-0.05, 0) is 25.1 Å². The van der Waals surface area contributed by atoms with Crippen molar-refractivity contribution in [2.24, 2.45) is 0 Å². The zero-order chi connectivity index (χ0) is 14.1. The van der Waals surface area contributed by atoms with E-state index in [9.17, 15) is 9.90 Å². The van der Waals surface area contributed by atoms with E-state index in [-0.39, 0.29) is 5.56 Å². The molecule has 0 amide bonds. The van der Waals surface area contributed by atoms with E-state index in [1.165, 1.54) is 6.33 Å². The molecule has 0 saturated carbocycles. The molecule has 0 fully saturated rings. The van der Waals surface area contributed by atoms with Crippen LogP contribution in [0.4, 0.5) is 0 Å². The number of para-hydroxylation sites is 1. The van der Waals surface area contributed by atoms with Crippen LogP contribution in [-0.4, -0.2) is 30.6 Å². The second-order valence-electron chi connectivity index (χ2n) is 4.42. The van der Waals surface area contributed by atoms with E-state index in [1.54, 1.807) is 18.3 Å². The number of benzene rings is 1. The molecule has 0 aliphatic rings. The van der Waals surface area contributed by atoms with Gasteiger partial charge in [-0.2, -0.15) is 0 Å². The first-order valence-electron chi connectivity index (χ1n) is 6.11. The second kappa shape index (κ2) is 4.73. The van der Waals surface area contributed by atoms with Crippen LogP contribution in [0, 0.1) is 6.92 Å². The standard InChI is InChI=1S/C14H12N4O2/c1-9-17-13-11(14(19)20)3-2-4-12(13)18(9)7-10-5-6-15-8-16-10/h2-6,8H,7H2,1H3,(H,19,20). The molecule has 3 aromatic rings. The quantitative estimate of drug-likeness (QED) is 0.784. The van der Waals surface area contributed by atoms with Crippen molar-refractivity contribution in [3.8, 4) is 0 Å². The smallest absolute Gasteiger partial charge is 0.337 e. The zero-order valence-corrected chi connectivity index (χ0v) is 10.8. The number of hydrogen-bond donors (Lipinski definition) is 1. The van der Waals surface area contributed by atoms with Gasteiger partial charge in [-0.3, -0.25) is 0 Å². The highest BCUT2D eigenvalue weighted by Crippen LogP contribution is 2.20. The fraction of sp³-hybridized carbons (Fsp3) is 0.143. The van der Waals surface area contributed by atoms with E-state index >= 15 is 0 Å². The molecule has 2 aromatic heterocycles. The Morgan fingerprint density at radius 1 is 1.35 bits per heavy atom. The Morgan fingerprint density at radius 2 is 2.20 bits per heavy atom. The highest BCUT2D eigenvalue weighted by Gasteiger charge is 2.15. The normalized spacial score (nSPS) is 10.8. The molecule has 0 saturated heterocycles. The van der Waals surface area contributed by atoms with Gasteiger partial charge in [0.1, 0.15) is 17.7 Å². The van der Waals surface area contributed by atoms with Crippen molar-refractivity contribution in [1.82, 2.24) is 19.5 Å². The number of imidazole rings is 1. The molecule has 6 heteroatoms. The zero-order valence-electron chi connectivity index (χ0n) is 10.8. The van der Waals surface area contributed by atoms with Crippen LogP contribution >= 0.6 is 0 Å². The fourth-order valence-electron chi connectivity index (χ4n) is 2.21. The largest absolute Gasteiger partial charge is 0.478 e. The third kappa shape index (κ3) is 2.01. The van der Waals surface area contributed by atoms with Gasteiger partial charge in [0.25, 0.3) is 0 Å². The monoisotopic (exact) mass is 268 g/mol. The Bertz CT molecular complexity index is 780. The number of hydrogen-bond acceptors (Lipinski definition) is 4. The van der Waals surface area contributed by atoms with Crippen molar-refractivity contribution < 1.29 is 9.90 Å². The van der Waals surface area contributed by atoms with E-state index in [0.717, 1.165) is 17.0 Å². The summed E-state index contributed by atoms with van der Waals surface area (Å²) in [6.45, 7) is 2.39. The van der Waals surface area contributed by atoms with Gasteiger partial charge >= 0.3 is 5.97 Å². The van der Waals surface area contributed by atoms with Gasteiger partial charge in [0.05, 0.1) is 23.3 Å². The van der Waals surface area contributed by atoms with E-state index in [1.807, 2.05) is 23.6 Å². The molecular formula is C14H12N4O2. The van der Waals surface area contributed by atoms with Crippen molar-refractivity contribution in [1.29, 1.82) is 0 Å². The minimum atomic E-state index is -0.970. The number of fused-ring (bicyclic) bond motifs is 1. The van der Waals surface area contributed by atoms with Crippen LogP contribution in [0.2, 0.25) is 0 Å². The van der Waals surface area contributed by atoms with Crippen LogP contribution in [0.3, 0.4) is 0 Å². The summed E-state index contributed by atoms with van der Waals surface area (Å²) >= 11 is 0. The lowest BCUT2D eigenvalue weighted by atomic mass is 10.2. The van der Waals surface area contributed by atoms with Crippen LogP contribution in [0.25, 0.3) is 11.0 Å². The summed E-state index contributed by atoms with van der Waals surface area (Å²) in [6, 6.07) is 6.98. The molecule has 0 bridgehead atoms. The maximum atomic E-state index is 11.2. The first-order chi connectivity index (χ1) is 9.66. The van der Waals surface area contributed by atoms with Crippen LogP contribution in [0.5, 0.6) is 0 Å². The van der Waals surface area contributed by atoms with E-state index in [4.69, 9.17) is 0 Å². The Kier molecular flexibility index (Phi) is 2.90. The minimum absolute atomic E-state index is 0.215. The Hall–Kier alpha value is -2.76. The molecule has 1 N–H and O–H groups in total. The third-order valence-electron chi connectivity index (χ3n) is 3.16. The first-order valence-corrected chi connectivity index (χ1v) is 6.11. The molecule has 0 aliphatic carbocycles. The Morgan fingerprint density at radius 3 is 2.90 bits per heavy atom. The molecule has 0 radical (unpaired) electrons. The number of rotatable bonds is 3. The van der Waals surface area contributed by atoms with Crippen molar-refractivity contribution in [2.75, 3.05) is 0 Å². The van der Waals surface area contributed by atoms with Gasteiger partial charge in [0.2, 0.25) is 0 Å². The summed E-state index contributed by atoms with van der Waals surface area (Å²) in [4.78, 5) is 23.7. The van der Waals surface area contributed by atoms with Gasteiger partial charge in [0.15, 0.2) is 0 Å². The Labute approximate surface area is 114 Å². The molecule has 0 aliphatic heterocycles. The lowest BCUT2D eigenvalue weighted by Gasteiger charge is -2.06. The number of aromatic nitrogens is 4. The molecule has 6 nitrogen and oxygen atoms in total. The lowest BCUT2D eigenvalue weighted by Crippen LogP contribution is -2.04. The van der Waals surface area contributed by atoms with Crippen LogP contribution < -0.4 is 0 Å². The topological polar surface area (TPSA) is 80.9 Å². The fourth-order valence-corrected chi connectivity index (χ4v) is 2.21. The molecule has 3 rings (SSSR count). The Balaban J connectivity index is 2.14. The van der Waals surface area contributed by atoms with Crippen LogP contribution in [-0.2, 0) is 6.54 Å². The van der Waals surface area contributed by atoms with Crippen molar-refractivity contribution >= 4 is 17.0 Å². The minimum Gasteiger partial charge on any atom is -0.478 e. The number of aryl methyl sites for hydroxylation is 1. The van der Waals surface area contributed by atoms with E-state index in [0.29, 0.717) is 12.1 Å². The summed E-state index contributed by atoms with van der Waals surface area (Å²) in [5.41, 5.74) is 2.36. The number of nitrogens with zero attached hydrogens (tertiary/aromatic N) is 4. The summed E-state index contributed by atoms with van der Waals surface area (Å²) in [5, 5.41) is 9.20. The number of carboxylic acid groups (broad SMARTS) is 1. The summed E-state index contributed by atoms with van der Waals surface area (Å²) < 4.78 is 1.95. The van der Waals surface area contributed by atoms with Crippen molar-refractivity contribution in [2.45, 2.75) is 13.5 Å². The maximum absolute atomic E-state index is 11.2. The highest BCUT2D eigenvalue weighted by molar-refractivity contribution is 6.01. The van der Waals surface area contributed by atoms with Gasteiger partial charge < -0.3 is 9.67 Å². The van der Waals surface area contributed by atoms with Crippen LogP contribution in [0.1, 0.15) is 21.9 Å². The molecule has 100 valence electrons. The molecular weight excluding hydrogens is 256 g/mol. The molecule has 0 spiro atoms. The van der Waals surface area contributed by atoms with Gasteiger partial charge in [-0.15, -0.1) is 0 Å². The third-order valence-corrected chi connectivity index (χ3v) is 3.16. The first kappa shape index (κ1) is 12.3. The average Bonchev–Trinajstić information content (AvgIpc) is 2.76. The molecule has 2 heterocycles. The van der Waals surface area contributed by atoms with Gasteiger partial charge in [-0.1, -0.05) is 6.07 Å². The van der Waals surface area contributed by atoms with E-state index < -0.39 is 5.97 Å². The summed E-state index contributed by atoms with van der Waals surface area (Å²) in [6.07, 6.45) is 3.17. The molecule has 0 atom stereocenters. The lowest BCUT2D eigenvalue weighted by molar-refractivity contribution is 0.0699. The number of aromatic carboxylic acids is 1. The van der Waals surface area contributed by atoms with Crippen molar-refractivity contribution in [3.05, 3.63) is 53.9 Å². The summed E-state index contributed by atoms with van der Waals surface area (Å²) in [7, 11) is 0. The average molecular weight is 268 g/mol. The molecule has 1 aromatic carbocycles. The van der Waals surface area contributed by atoms with Gasteiger partial charge in [0, 0.05) is 6.20 Å². The van der Waals surface area contributed by atoms with Gasteiger partial charge in [-0.25, -0.2) is 19.7 Å². The molecule has 20 heavy (non-hydrogen) atoms. The highest BCUT2D eigenvalue weighted by atomic mass is 16.4. The SMILES string of the molecule is Cc1nc2c(C(=O)O)cccc2n1Cc1ccncn1. The second-order valence-corrected chi connectivity index (χ2v) is 4.42. The van der Waals surface area contributed by atoms with Crippen LogP contribution in [0.15, 0.2) is 36.8 Å². The predicted octanol–water partition coefficient (Wildman–Crippen LogP) is 1.88. The predicted molar refractivity (Wildman–Crippen MR) is 72.6 cm³/mol. The van der Waals surface area contributed by atoms with E-state index in [2.05, 4.69) is 15.0 Å². The number of carboxylic acids is 1. The maximum Gasteiger partial charge on any atom is 0.337 e. The summed E-state index contributed by atoms with van der Waals surface area (Å²) in [5.74, 6) is -0.213. The van der Waals surface area contributed by atoms with Crippen molar-refractivity contribution in [3.63, 3.8) is 0 Å². The molecule has 0 unspecified atom stereocenters. The number of carbonyl (C=O) groups is 1.